The average molecular weight is 262 g/mol. The van der Waals surface area contributed by atoms with Gasteiger partial charge in [0.1, 0.15) is 12.4 Å². The molecule has 0 radical (unpaired) electrons. The molecule has 1 heterocycles. The second-order valence-corrected chi connectivity index (χ2v) is 4.12. The van der Waals surface area contributed by atoms with Crippen molar-refractivity contribution < 1.29 is 13.7 Å². The maximum atomic E-state index is 12.3. The van der Waals surface area contributed by atoms with Gasteiger partial charge in [0.15, 0.2) is 5.76 Å². The summed E-state index contributed by atoms with van der Waals surface area (Å²) in [4.78, 5) is 0. The molecule has 2 rings (SSSR count). The molecule has 0 bridgehead atoms. The first-order chi connectivity index (χ1) is 9.24. The lowest BCUT2D eigenvalue weighted by atomic mass is 10.1. The minimum Gasteiger partial charge on any atom is -0.489 e. The fourth-order valence-electron chi connectivity index (χ4n) is 1.58. The van der Waals surface area contributed by atoms with Crippen LogP contribution in [-0.4, -0.2) is 18.3 Å². The summed E-state index contributed by atoms with van der Waals surface area (Å²) in [6.07, 6.45) is 2.14. The minimum absolute atomic E-state index is 0.145. The highest BCUT2D eigenvalue weighted by atomic mass is 19.1. The van der Waals surface area contributed by atoms with E-state index in [4.69, 9.17) is 15.0 Å². The van der Waals surface area contributed by atoms with Gasteiger partial charge in [-0.2, -0.15) is 0 Å². The van der Waals surface area contributed by atoms with Crippen LogP contribution in [0.1, 0.15) is 5.56 Å². The van der Waals surface area contributed by atoms with Crippen molar-refractivity contribution in [3.8, 4) is 17.1 Å². The second-order valence-electron chi connectivity index (χ2n) is 4.12. The number of aryl methyl sites for hydroxylation is 1. The van der Waals surface area contributed by atoms with E-state index in [-0.39, 0.29) is 13.2 Å². The summed E-state index contributed by atoms with van der Waals surface area (Å²) in [5, 5.41) is 3.73. The third-order valence-electron chi connectivity index (χ3n) is 2.71. The summed E-state index contributed by atoms with van der Waals surface area (Å²) in [5.41, 5.74) is 7.65. The quantitative estimate of drug-likeness (QED) is 0.900. The molecule has 0 aliphatic rings. The van der Waals surface area contributed by atoms with E-state index in [1.807, 2.05) is 19.1 Å². The monoisotopic (exact) mass is 262 g/mol. The fourth-order valence-corrected chi connectivity index (χ4v) is 1.58. The molecule has 0 unspecified atom stereocenters. The Morgan fingerprint density at radius 3 is 2.68 bits per heavy atom. The van der Waals surface area contributed by atoms with Crippen LogP contribution in [0.25, 0.3) is 11.3 Å². The Kier molecular flexibility index (Phi) is 4.30. The largest absolute Gasteiger partial charge is 0.489 e. The van der Waals surface area contributed by atoms with E-state index in [0.29, 0.717) is 17.7 Å². The molecule has 5 heteroatoms. The normalized spacial score (nSPS) is 11.6. The molecule has 1 aromatic heterocycles. The van der Waals surface area contributed by atoms with Crippen LogP contribution < -0.4 is 10.5 Å². The van der Waals surface area contributed by atoms with Gasteiger partial charge in [0, 0.05) is 23.2 Å². The summed E-state index contributed by atoms with van der Waals surface area (Å²) in [6.45, 7) is 2.22. The first-order valence-electron chi connectivity index (χ1n) is 5.87. The molecule has 2 aromatic rings. The molecule has 0 saturated carbocycles. The molecular formula is C14H15FN2O2. The molecule has 2 N–H and O–H groups in total. The predicted molar refractivity (Wildman–Crippen MR) is 70.4 cm³/mol. The lowest BCUT2D eigenvalue weighted by Gasteiger charge is -2.07. The first kappa shape index (κ1) is 13.3. The van der Waals surface area contributed by atoms with E-state index in [0.717, 1.165) is 16.9 Å². The highest BCUT2D eigenvalue weighted by molar-refractivity contribution is 5.61. The van der Waals surface area contributed by atoms with Crippen LogP contribution in [0.5, 0.6) is 5.75 Å². The molecule has 19 heavy (non-hydrogen) atoms. The highest BCUT2D eigenvalue weighted by Gasteiger charge is 2.07. The van der Waals surface area contributed by atoms with E-state index < -0.39 is 0 Å². The van der Waals surface area contributed by atoms with Crippen molar-refractivity contribution >= 4 is 0 Å². The SMILES string of the molecule is Cc1cnoc1-c1ccc(OC/C(=C\F)CN)cc1. The third-order valence-corrected chi connectivity index (χ3v) is 2.71. The van der Waals surface area contributed by atoms with Crippen LogP contribution in [0.3, 0.4) is 0 Å². The summed E-state index contributed by atoms with van der Waals surface area (Å²) >= 11 is 0. The molecule has 0 aliphatic carbocycles. The van der Waals surface area contributed by atoms with Crippen LogP contribution in [0.2, 0.25) is 0 Å². The molecule has 0 fully saturated rings. The number of benzene rings is 1. The molecule has 1 aromatic carbocycles. The van der Waals surface area contributed by atoms with Gasteiger partial charge in [-0.1, -0.05) is 5.16 Å². The van der Waals surface area contributed by atoms with Crippen molar-refractivity contribution in [3.05, 3.63) is 47.9 Å². The van der Waals surface area contributed by atoms with Gasteiger partial charge in [0.25, 0.3) is 0 Å². The lowest BCUT2D eigenvalue weighted by Crippen LogP contribution is -2.10. The Morgan fingerprint density at radius 1 is 1.42 bits per heavy atom. The van der Waals surface area contributed by atoms with E-state index in [1.54, 1.807) is 18.3 Å². The number of hydrogen-bond acceptors (Lipinski definition) is 4. The number of nitrogens with zero attached hydrogens (tertiary/aromatic N) is 1. The van der Waals surface area contributed by atoms with Crippen LogP contribution in [0, 0.1) is 6.92 Å². The van der Waals surface area contributed by atoms with Crippen LogP contribution in [0.15, 0.2) is 46.9 Å². The van der Waals surface area contributed by atoms with Crippen LogP contribution in [0.4, 0.5) is 4.39 Å². The summed E-state index contributed by atoms with van der Waals surface area (Å²) < 4.78 is 22.9. The van der Waals surface area contributed by atoms with Gasteiger partial charge < -0.3 is 15.0 Å². The maximum Gasteiger partial charge on any atom is 0.169 e. The summed E-state index contributed by atoms with van der Waals surface area (Å²) in [6, 6.07) is 7.32. The van der Waals surface area contributed by atoms with Crippen LogP contribution in [-0.2, 0) is 0 Å². The van der Waals surface area contributed by atoms with E-state index >= 15 is 0 Å². The zero-order chi connectivity index (χ0) is 13.7. The van der Waals surface area contributed by atoms with Crippen molar-refractivity contribution in [1.82, 2.24) is 5.16 Å². The Labute approximate surface area is 110 Å². The number of ether oxygens (including phenoxy) is 1. The minimum atomic E-state index is 0.145. The van der Waals surface area contributed by atoms with Gasteiger partial charge in [0.2, 0.25) is 0 Å². The van der Waals surface area contributed by atoms with Gasteiger partial charge in [-0.25, -0.2) is 4.39 Å². The molecule has 100 valence electrons. The summed E-state index contributed by atoms with van der Waals surface area (Å²) in [7, 11) is 0. The zero-order valence-corrected chi connectivity index (χ0v) is 10.6. The zero-order valence-electron chi connectivity index (χ0n) is 10.6. The number of halogens is 1. The molecule has 4 nitrogen and oxygen atoms in total. The Balaban J connectivity index is 2.05. The maximum absolute atomic E-state index is 12.3. The molecule has 0 saturated heterocycles. The van der Waals surface area contributed by atoms with Gasteiger partial charge in [0.05, 0.1) is 12.5 Å². The van der Waals surface area contributed by atoms with Gasteiger partial charge in [-0.05, 0) is 31.2 Å². The molecule has 0 amide bonds. The van der Waals surface area contributed by atoms with Gasteiger partial charge in [-0.15, -0.1) is 0 Å². The Bertz CT molecular complexity index is 561. The van der Waals surface area contributed by atoms with Crippen molar-refractivity contribution in [2.45, 2.75) is 6.92 Å². The van der Waals surface area contributed by atoms with E-state index in [9.17, 15) is 4.39 Å². The van der Waals surface area contributed by atoms with Gasteiger partial charge >= 0.3 is 0 Å². The number of rotatable bonds is 5. The smallest absolute Gasteiger partial charge is 0.169 e. The van der Waals surface area contributed by atoms with Crippen molar-refractivity contribution in [2.24, 2.45) is 5.73 Å². The van der Waals surface area contributed by atoms with Crippen molar-refractivity contribution in [1.29, 1.82) is 0 Å². The fraction of sp³-hybridized carbons (Fsp3) is 0.214. The van der Waals surface area contributed by atoms with Crippen molar-refractivity contribution in [2.75, 3.05) is 13.2 Å². The topological polar surface area (TPSA) is 61.3 Å². The van der Waals surface area contributed by atoms with E-state index in [1.165, 1.54) is 0 Å². The third kappa shape index (κ3) is 3.20. The van der Waals surface area contributed by atoms with Gasteiger partial charge in [-0.3, -0.25) is 0 Å². The average Bonchev–Trinajstić information content (AvgIpc) is 2.87. The number of aromatic nitrogens is 1. The Hall–Kier alpha value is -2.14. The molecule has 0 aliphatic heterocycles. The molecule has 0 atom stereocenters. The lowest BCUT2D eigenvalue weighted by molar-refractivity contribution is 0.347. The number of nitrogens with two attached hydrogens (primary N) is 1. The Morgan fingerprint density at radius 2 is 2.16 bits per heavy atom. The number of hydrogen-bond donors (Lipinski definition) is 1. The summed E-state index contributed by atoms with van der Waals surface area (Å²) in [5.74, 6) is 1.38. The van der Waals surface area contributed by atoms with E-state index in [2.05, 4.69) is 5.16 Å². The predicted octanol–water partition coefficient (Wildman–Crippen LogP) is 2.84. The van der Waals surface area contributed by atoms with Crippen molar-refractivity contribution in [3.63, 3.8) is 0 Å². The second kappa shape index (κ2) is 6.15. The van der Waals surface area contributed by atoms with Crippen LogP contribution >= 0.6 is 0 Å². The highest BCUT2D eigenvalue weighted by Crippen LogP contribution is 2.25. The first-order valence-corrected chi connectivity index (χ1v) is 5.87. The molecular weight excluding hydrogens is 247 g/mol. The standard InChI is InChI=1S/C14H15FN2O2/c1-10-8-17-19-14(10)12-2-4-13(5-3-12)18-9-11(6-15)7-16/h2-6,8H,7,9,16H2,1H3/b11-6-. The molecule has 0 spiro atoms.